The standard InChI is InChI=1S/C24H31N3O6S/c1-5-26(6-2)34(30,31)18-12-13-21(32-4)19(15-18)25-24(29)17-14-23(28)27(16-17)20-10-8-9-11-22(20)33-7-3/h8-13,15,17H,5-7,14,16H2,1-4H3,(H,25,29)/t17-/m1/s1. The molecule has 1 fully saturated rings. The molecular formula is C24H31N3O6S. The summed E-state index contributed by atoms with van der Waals surface area (Å²) in [4.78, 5) is 27.4. The van der Waals surface area contributed by atoms with Gasteiger partial charge in [0.2, 0.25) is 21.8 Å². The van der Waals surface area contributed by atoms with Gasteiger partial charge in [-0.05, 0) is 37.3 Å². The van der Waals surface area contributed by atoms with Crippen LogP contribution in [0.1, 0.15) is 27.2 Å². The lowest BCUT2D eigenvalue weighted by Gasteiger charge is -2.21. The summed E-state index contributed by atoms with van der Waals surface area (Å²) < 4.78 is 38.1. The Morgan fingerprint density at radius 1 is 1.12 bits per heavy atom. The molecule has 1 saturated heterocycles. The normalized spacial score (nSPS) is 16.1. The number of sulfonamides is 1. The number of methoxy groups -OCH3 is 1. The molecule has 34 heavy (non-hydrogen) atoms. The summed E-state index contributed by atoms with van der Waals surface area (Å²) in [6, 6.07) is 11.6. The molecule has 0 unspecified atom stereocenters. The van der Waals surface area contributed by atoms with Crippen LogP contribution in [-0.4, -0.2) is 57.9 Å². The Morgan fingerprint density at radius 2 is 1.82 bits per heavy atom. The SMILES string of the molecule is CCOc1ccccc1N1C[C@H](C(=O)Nc2cc(S(=O)(=O)N(CC)CC)ccc2OC)CC1=O. The highest BCUT2D eigenvalue weighted by Crippen LogP contribution is 2.34. The van der Waals surface area contributed by atoms with Gasteiger partial charge >= 0.3 is 0 Å². The molecule has 0 spiro atoms. The first-order valence-electron chi connectivity index (χ1n) is 11.3. The van der Waals surface area contributed by atoms with Crippen LogP contribution in [0.15, 0.2) is 47.4 Å². The molecule has 0 radical (unpaired) electrons. The summed E-state index contributed by atoms with van der Waals surface area (Å²) in [6.07, 6.45) is 0.0338. The number of hydrogen-bond acceptors (Lipinski definition) is 6. The van der Waals surface area contributed by atoms with Gasteiger partial charge in [-0.3, -0.25) is 9.59 Å². The largest absolute Gasteiger partial charge is 0.495 e. The molecule has 2 aromatic carbocycles. The first kappa shape index (κ1) is 25.5. The third-order valence-electron chi connectivity index (χ3n) is 5.72. The van der Waals surface area contributed by atoms with Gasteiger partial charge in [-0.15, -0.1) is 0 Å². The Hall–Kier alpha value is -3.11. The zero-order valence-corrected chi connectivity index (χ0v) is 20.7. The van der Waals surface area contributed by atoms with Crippen LogP contribution >= 0.6 is 0 Å². The molecule has 10 heteroatoms. The zero-order valence-electron chi connectivity index (χ0n) is 19.9. The molecule has 2 amide bonds. The number of benzene rings is 2. The van der Waals surface area contributed by atoms with Crippen LogP contribution in [0.3, 0.4) is 0 Å². The highest BCUT2D eigenvalue weighted by molar-refractivity contribution is 7.89. The van der Waals surface area contributed by atoms with E-state index in [0.29, 0.717) is 36.9 Å². The molecular weight excluding hydrogens is 458 g/mol. The molecule has 1 N–H and O–H groups in total. The lowest BCUT2D eigenvalue weighted by atomic mass is 10.1. The first-order chi connectivity index (χ1) is 16.3. The fourth-order valence-electron chi connectivity index (χ4n) is 3.97. The Bertz CT molecular complexity index is 1150. The van der Waals surface area contributed by atoms with Crippen LogP contribution in [0.5, 0.6) is 11.5 Å². The Balaban J connectivity index is 1.83. The second-order valence-electron chi connectivity index (χ2n) is 7.75. The minimum Gasteiger partial charge on any atom is -0.495 e. The van der Waals surface area contributed by atoms with E-state index in [4.69, 9.17) is 9.47 Å². The van der Waals surface area contributed by atoms with E-state index in [1.165, 1.54) is 29.6 Å². The Morgan fingerprint density at radius 3 is 2.47 bits per heavy atom. The van der Waals surface area contributed by atoms with Crippen LogP contribution < -0.4 is 19.7 Å². The highest BCUT2D eigenvalue weighted by Gasteiger charge is 2.36. The minimum absolute atomic E-state index is 0.0338. The fraction of sp³-hybridized carbons (Fsp3) is 0.417. The summed E-state index contributed by atoms with van der Waals surface area (Å²) >= 11 is 0. The van der Waals surface area contributed by atoms with Crippen molar-refractivity contribution in [2.75, 3.05) is 43.6 Å². The number of hydrogen-bond donors (Lipinski definition) is 1. The molecule has 1 aliphatic rings. The average Bonchev–Trinajstić information content (AvgIpc) is 3.21. The Labute approximate surface area is 200 Å². The molecule has 0 saturated carbocycles. The number of carbonyl (C=O) groups excluding carboxylic acids is 2. The number of nitrogens with zero attached hydrogens (tertiary/aromatic N) is 2. The van der Waals surface area contributed by atoms with Crippen LogP contribution in [0.2, 0.25) is 0 Å². The number of para-hydroxylation sites is 2. The summed E-state index contributed by atoms with van der Waals surface area (Å²) in [5, 5.41) is 2.77. The van der Waals surface area contributed by atoms with E-state index in [-0.39, 0.29) is 35.4 Å². The fourth-order valence-corrected chi connectivity index (χ4v) is 5.45. The van der Waals surface area contributed by atoms with Gasteiger partial charge < -0.3 is 19.7 Å². The van der Waals surface area contributed by atoms with Gasteiger partial charge in [0, 0.05) is 26.1 Å². The van der Waals surface area contributed by atoms with Crippen molar-refractivity contribution in [1.29, 1.82) is 0 Å². The number of nitrogens with one attached hydrogen (secondary N) is 1. The molecule has 1 aliphatic heterocycles. The maximum absolute atomic E-state index is 13.1. The van der Waals surface area contributed by atoms with Crippen molar-refractivity contribution >= 4 is 33.2 Å². The number of anilines is 2. The van der Waals surface area contributed by atoms with Crippen molar-refractivity contribution < 1.29 is 27.5 Å². The number of carbonyl (C=O) groups is 2. The van der Waals surface area contributed by atoms with E-state index in [1.54, 1.807) is 30.9 Å². The molecule has 3 rings (SSSR count). The zero-order chi connectivity index (χ0) is 24.9. The van der Waals surface area contributed by atoms with Crippen molar-refractivity contribution in [3.63, 3.8) is 0 Å². The van der Waals surface area contributed by atoms with Crippen LogP contribution in [0.4, 0.5) is 11.4 Å². The highest BCUT2D eigenvalue weighted by atomic mass is 32.2. The molecule has 9 nitrogen and oxygen atoms in total. The predicted octanol–water partition coefficient (Wildman–Crippen LogP) is 3.12. The molecule has 1 heterocycles. The summed E-state index contributed by atoms with van der Waals surface area (Å²) in [6.45, 7) is 6.69. The number of ether oxygens (including phenoxy) is 2. The lowest BCUT2D eigenvalue weighted by molar-refractivity contribution is -0.122. The monoisotopic (exact) mass is 489 g/mol. The van der Waals surface area contributed by atoms with Crippen molar-refractivity contribution in [2.45, 2.75) is 32.1 Å². The molecule has 2 aromatic rings. The van der Waals surface area contributed by atoms with E-state index in [0.717, 1.165) is 0 Å². The maximum Gasteiger partial charge on any atom is 0.243 e. The van der Waals surface area contributed by atoms with Gasteiger partial charge in [-0.25, -0.2) is 8.42 Å². The maximum atomic E-state index is 13.1. The summed E-state index contributed by atoms with van der Waals surface area (Å²) in [5.74, 6) is -0.280. The number of rotatable bonds is 10. The first-order valence-corrected chi connectivity index (χ1v) is 12.7. The van der Waals surface area contributed by atoms with Gasteiger partial charge in [0.25, 0.3) is 0 Å². The van der Waals surface area contributed by atoms with E-state index >= 15 is 0 Å². The molecule has 0 bridgehead atoms. The van der Waals surface area contributed by atoms with E-state index in [2.05, 4.69) is 5.32 Å². The molecule has 184 valence electrons. The molecule has 0 aliphatic carbocycles. The van der Waals surface area contributed by atoms with Crippen molar-refractivity contribution in [2.24, 2.45) is 5.92 Å². The van der Waals surface area contributed by atoms with E-state index < -0.39 is 15.9 Å². The average molecular weight is 490 g/mol. The van der Waals surface area contributed by atoms with Crippen molar-refractivity contribution in [1.82, 2.24) is 4.31 Å². The van der Waals surface area contributed by atoms with Gasteiger partial charge in [-0.1, -0.05) is 26.0 Å². The van der Waals surface area contributed by atoms with E-state index in [9.17, 15) is 18.0 Å². The summed E-state index contributed by atoms with van der Waals surface area (Å²) in [5.41, 5.74) is 0.857. The third kappa shape index (κ3) is 5.18. The predicted molar refractivity (Wildman–Crippen MR) is 130 cm³/mol. The van der Waals surface area contributed by atoms with Crippen molar-refractivity contribution in [3.8, 4) is 11.5 Å². The minimum atomic E-state index is -3.72. The van der Waals surface area contributed by atoms with Crippen LogP contribution in [0.25, 0.3) is 0 Å². The van der Waals surface area contributed by atoms with E-state index in [1.807, 2.05) is 19.1 Å². The Kier molecular flexibility index (Phi) is 8.16. The van der Waals surface area contributed by atoms with Crippen LogP contribution in [0, 0.1) is 5.92 Å². The van der Waals surface area contributed by atoms with Gasteiger partial charge in [-0.2, -0.15) is 4.31 Å². The lowest BCUT2D eigenvalue weighted by Crippen LogP contribution is -2.31. The quantitative estimate of drug-likeness (QED) is 0.550. The van der Waals surface area contributed by atoms with Gasteiger partial charge in [0.05, 0.1) is 35.9 Å². The van der Waals surface area contributed by atoms with Crippen LogP contribution in [-0.2, 0) is 19.6 Å². The number of amides is 2. The second kappa shape index (κ2) is 10.9. The van der Waals surface area contributed by atoms with Gasteiger partial charge in [0.15, 0.2) is 0 Å². The van der Waals surface area contributed by atoms with Gasteiger partial charge in [0.1, 0.15) is 11.5 Å². The third-order valence-corrected chi connectivity index (χ3v) is 7.77. The molecule has 0 aromatic heterocycles. The smallest absolute Gasteiger partial charge is 0.243 e. The topological polar surface area (TPSA) is 105 Å². The van der Waals surface area contributed by atoms with Crippen molar-refractivity contribution in [3.05, 3.63) is 42.5 Å². The summed E-state index contributed by atoms with van der Waals surface area (Å²) in [7, 11) is -2.28. The second-order valence-corrected chi connectivity index (χ2v) is 9.68. The molecule has 1 atom stereocenters.